The Bertz CT molecular complexity index is 588. The van der Waals surface area contributed by atoms with Gasteiger partial charge in [-0.25, -0.2) is 4.98 Å². The Morgan fingerprint density at radius 3 is 2.78 bits per heavy atom. The van der Waals surface area contributed by atoms with Crippen molar-refractivity contribution in [2.75, 3.05) is 5.32 Å². The maximum atomic E-state index is 10.6. The van der Waals surface area contributed by atoms with Gasteiger partial charge < -0.3 is 5.32 Å². The molecule has 0 fully saturated rings. The molecule has 8 heteroatoms. The van der Waals surface area contributed by atoms with Gasteiger partial charge in [-0.05, 0) is 12.1 Å². The van der Waals surface area contributed by atoms with Crippen molar-refractivity contribution in [2.24, 2.45) is 0 Å². The molecular weight excluding hydrogens is 297 g/mol. The van der Waals surface area contributed by atoms with Gasteiger partial charge in [0.25, 0.3) is 5.69 Å². The van der Waals surface area contributed by atoms with E-state index in [0.29, 0.717) is 16.7 Å². The van der Waals surface area contributed by atoms with E-state index in [1.165, 1.54) is 23.5 Å². The van der Waals surface area contributed by atoms with E-state index in [1.54, 1.807) is 12.3 Å². The van der Waals surface area contributed by atoms with Crippen molar-refractivity contribution in [1.29, 1.82) is 0 Å². The number of thiazole rings is 1. The highest BCUT2D eigenvalue weighted by Crippen LogP contribution is 2.27. The number of rotatable bonds is 4. The molecular formula is C10H7Cl2N3O2S. The summed E-state index contributed by atoms with van der Waals surface area (Å²) in [5.41, 5.74) is 0.596. The number of benzene rings is 1. The minimum absolute atomic E-state index is 0.104. The van der Waals surface area contributed by atoms with Crippen LogP contribution in [0.25, 0.3) is 0 Å². The number of nitro groups is 1. The van der Waals surface area contributed by atoms with Gasteiger partial charge in [-0.15, -0.1) is 11.3 Å². The van der Waals surface area contributed by atoms with Gasteiger partial charge in [0, 0.05) is 22.8 Å². The quantitative estimate of drug-likeness (QED) is 0.685. The summed E-state index contributed by atoms with van der Waals surface area (Å²) in [5, 5.41) is 13.8. The molecule has 1 aromatic heterocycles. The first-order valence-corrected chi connectivity index (χ1v) is 6.41. The lowest BCUT2D eigenvalue weighted by atomic mass is 10.3. The van der Waals surface area contributed by atoms with E-state index in [1.807, 2.05) is 0 Å². The first kappa shape index (κ1) is 13.1. The van der Waals surface area contributed by atoms with Crippen LogP contribution in [0.5, 0.6) is 0 Å². The van der Waals surface area contributed by atoms with Crippen LogP contribution < -0.4 is 5.32 Å². The Morgan fingerprint density at radius 2 is 2.22 bits per heavy atom. The third-order valence-corrected chi connectivity index (χ3v) is 3.55. The van der Waals surface area contributed by atoms with Gasteiger partial charge in [0.15, 0.2) is 4.47 Å². The third kappa shape index (κ3) is 3.10. The van der Waals surface area contributed by atoms with Gasteiger partial charge in [-0.3, -0.25) is 10.1 Å². The van der Waals surface area contributed by atoms with E-state index >= 15 is 0 Å². The number of hydrogen-bond acceptors (Lipinski definition) is 5. The molecule has 1 aromatic carbocycles. The summed E-state index contributed by atoms with van der Waals surface area (Å²) in [6, 6.07) is 4.49. The summed E-state index contributed by atoms with van der Waals surface area (Å²) in [6.07, 6.45) is 1.67. The molecule has 0 bridgehead atoms. The standard InChI is InChI=1S/C10H7Cl2N3O2S/c11-8-3-6(1-2-9(8)15(16)17)13-4-7-5-14-10(12)18-7/h1-3,5,13H,4H2. The summed E-state index contributed by atoms with van der Waals surface area (Å²) >= 11 is 12.9. The summed E-state index contributed by atoms with van der Waals surface area (Å²) in [6.45, 7) is 0.540. The van der Waals surface area contributed by atoms with E-state index in [4.69, 9.17) is 23.2 Å². The maximum absolute atomic E-state index is 10.6. The van der Waals surface area contributed by atoms with Crippen LogP contribution in [0.1, 0.15) is 4.88 Å². The molecule has 2 rings (SSSR count). The summed E-state index contributed by atoms with van der Waals surface area (Å²) in [5.74, 6) is 0. The van der Waals surface area contributed by atoms with E-state index in [0.717, 1.165) is 4.88 Å². The zero-order valence-corrected chi connectivity index (χ0v) is 11.2. The number of nitro benzene ring substituents is 1. The second kappa shape index (κ2) is 5.51. The van der Waals surface area contributed by atoms with Crippen molar-refractivity contribution in [1.82, 2.24) is 4.98 Å². The van der Waals surface area contributed by atoms with Crippen LogP contribution in [0.2, 0.25) is 9.49 Å². The lowest BCUT2D eigenvalue weighted by molar-refractivity contribution is -0.384. The highest BCUT2D eigenvalue weighted by Gasteiger charge is 2.11. The molecule has 0 radical (unpaired) electrons. The predicted octanol–water partition coefficient (Wildman–Crippen LogP) is 3.97. The normalized spacial score (nSPS) is 10.3. The Labute approximate surface area is 117 Å². The molecule has 0 aliphatic heterocycles. The number of nitrogens with one attached hydrogen (secondary N) is 1. The molecule has 0 aliphatic carbocycles. The molecule has 5 nitrogen and oxygen atoms in total. The largest absolute Gasteiger partial charge is 0.380 e. The van der Waals surface area contributed by atoms with Gasteiger partial charge in [-0.1, -0.05) is 23.2 Å². The molecule has 0 saturated heterocycles. The zero-order valence-electron chi connectivity index (χ0n) is 8.89. The first-order chi connectivity index (χ1) is 8.56. The minimum Gasteiger partial charge on any atom is -0.380 e. The molecule has 0 spiro atoms. The van der Waals surface area contributed by atoms with Crippen LogP contribution in [0.4, 0.5) is 11.4 Å². The molecule has 18 heavy (non-hydrogen) atoms. The lowest BCUT2D eigenvalue weighted by Gasteiger charge is -2.04. The molecule has 0 amide bonds. The SMILES string of the molecule is O=[N+]([O-])c1ccc(NCc2cnc(Cl)s2)cc1Cl. The Kier molecular flexibility index (Phi) is 4.00. The highest BCUT2D eigenvalue weighted by molar-refractivity contribution is 7.15. The lowest BCUT2D eigenvalue weighted by Crippen LogP contribution is -1.98. The average molecular weight is 304 g/mol. The minimum atomic E-state index is -0.519. The average Bonchev–Trinajstić information content (AvgIpc) is 2.72. The zero-order chi connectivity index (χ0) is 13.1. The molecule has 0 unspecified atom stereocenters. The van der Waals surface area contributed by atoms with Gasteiger partial charge in [0.05, 0.1) is 11.5 Å². The monoisotopic (exact) mass is 303 g/mol. The number of aromatic nitrogens is 1. The molecule has 1 heterocycles. The van der Waals surface area contributed by atoms with Crippen molar-refractivity contribution in [2.45, 2.75) is 6.54 Å². The van der Waals surface area contributed by atoms with Crippen molar-refractivity contribution < 1.29 is 4.92 Å². The summed E-state index contributed by atoms with van der Waals surface area (Å²) in [7, 11) is 0. The van der Waals surface area contributed by atoms with Crippen LogP contribution in [-0.4, -0.2) is 9.91 Å². The van der Waals surface area contributed by atoms with Crippen LogP contribution >= 0.6 is 34.5 Å². The molecule has 2 aromatic rings. The number of halogens is 2. The van der Waals surface area contributed by atoms with E-state index in [-0.39, 0.29) is 10.7 Å². The van der Waals surface area contributed by atoms with Crippen LogP contribution in [0.3, 0.4) is 0 Å². The van der Waals surface area contributed by atoms with Crippen LogP contribution in [0, 0.1) is 10.1 Å². The third-order valence-electron chi connectivity index (χ3n) is 2.14. The first-order valence-electron chi connectivity index (χ1n) is 4.84. The summed E-state index contributed by atoms with van der Waals surface area (Å²) < 4.78 is 0.480. The highest BCUT2D eigenvalue weighted by atomic mass is 35.5. The molecule has 0 saturated carbocycles. The van der Waals surface area contributed by atoms with E-state index in [2.05, 4.69) is 10.3 Å². The smallest absolute Gasteiger partial charge is 0.288 e. The summed E-state index contributed by atoms with van der Waals surface area (Å²) in [4.78, 5) is 15.0. The number of nitrogens with zero attached hydrogens (tertiary/aromatic N) is 2. The van der Waals surface area contributed by atoms with E-state index in [9.17, 15) is 10.1 Å². The predicted molar refractivity (Wildman–Crippen MR) is 72.6 cm³/mol. The Balaban J connectivity index is 2.06. The fourth-order valence-electron chi connectivity index (χ4n) is 1.32. The van der Waals surface area contributed by atoms with E-state index < -0.39 is 4.92 Å². The van der Waals surface area contributed by atoms with Gasteiger partial charge in [0.1, 0.15) is 5.02 Å². The second-order valence-electron chi connectivity index (χ2n) is 3.36. The number of hydrogen-bond donors (Lipinski definition) is 1. The molecule has 94 valence electrons. The fourth-order valence-corrected chi connectivity index (χ4v) is 2.49. The van der Waals surface area contributed by atoms with Gasteiger partial charge >= 0.3 is 0 Å². The van der Waals surface area contributed by atoms with Crippen molar-refractivity contribution >= 4 is 45.9 Å². The van der Waals surface area contributed by atoms with Crippen molar-refractivity contribution in [3.8, 4) is 0 Å². The van der Waals surface area contributed by atoms with Crippen LogP contribution in [0.15, 0.2) is 24.4 Å². The van der Waals surface area contributed by atoms with Crippen molar-refractivity contribution in [3.05, 3.63) is 48.9 Å². The molecule has 0 aliphatic rings. The van der Waals surface area contributed by atoms with Crippen LogP contribution in [-0.2, 0) is 6.54 Å². The topological polar surface area (TPSA) is 68.1 Å². The number of anilines is 1. The molecule has 1 N–H and O–H groups in total. The van der Waals surface area contributed by atoms with Gasteiger partial charge in [-0.2, -0.15) is 0 Å². The fraction of sp³-hybridized carbons (Fsp3) is 0.100. The van der Waals surface area contributed by atoms with Gasteiger partial charge in [0.2, 0.25) is 0 Å². The maximum Gasteiger partial charge on any atom is 0.288 e. The second-order valence-corrected chi connectivity index (χ2v) is 5.46. The Morgan fingerprint density at radius 1 is 1.44 bits per heavy atom. The molecule has 0 atom stereocenters. The van der Waals surface area contributed by atoms with Crippen molar-refractivity contribution in [3.63, 3.8) is 0 Å². The Hall–Kier alpha value is -1.37.